The molecule has 3 rings (SSSR count). The lowest BCUT2D eigenvalue weighted by atomic mass is 9.92. The van der Waals surface area contributed by atoms with Crippen molar-refractivity contribution >= 4 is 11.9 Å². The van der Waals surface area contributed by atoms with Gasteiger partial charge in [-0.2, -0.15) is 0 Å². The molecule has 0 aromatic carbocycles. The number of likely N-dealkylation sites (tertiary alicyclic amines) is 1. The molecule has 1 amide bonds. The molecule has 2 aliphatic rings. The molecule has 0 spiro atoms. The minimum atomic E-state index is -0.444. The lowest BCUT2D eigenvalue weighted by molar-refractivity contribution is -0.133. The highest BCUT2D eigenvalue weighted by Crippen LogP contribution is 2.34. The summed E-state index contributed by atoms with van der Waals surface area (Å²) < 4.78 is 4.68. The van der Waals surface area contributed by atoms with Crippen molar-refractivity contribution in [3.05, 3.63) is 23.8 Å². The second-order valence-corrected chi connectivity index (χ2v) is 5.69. The Bertz CT molecular complexity index is 549. The van der Waals surface area contributed by atoms with Gasteiger partial charge < -0.3 is 9.64 Å². The van der Waals surface area contributed by atoms with Gasteiger partial charge >= 0.3 is 5.97 Å². The van der Waals surface area contributed by atoms with Gasteiger partial charge in [-0.1, -0.05) is 0 Å². The van der Waals surface area contributed by atoms with E-state index >= 15 is 0 Å². The third-order valence-electron chi connectivity index (χ3n) is 4.23. The smallest absolute Gasteiger partial charge is 0.356 e. The number of aromatic nitrogens is 2. The molecule has 1 aromatic rings. The summed E-state index contributed by atoms with van der Waals surface area (Å²) in [6, 6.07) is 1.70. The quantitative estimate of drug-likeness (QED) is 0.786. The van der Waals surface area contributed by atoms with Crippen LogP contribution in [0.4, 0.5) is 0 Å². The van der Waals surface area contributed by atoms with E-state index in [1.54, 1.807) is 6.07 Å². The van der Waals surface area contributed by atoms with E-state index in [0.717, 1.165) is 44.5 Å². The summed E-state index contributed by atoms with van der Waals surface area (Å²) in [6.45, 7) is 1.55. The topological polar surface area (TPSA) is 72.4 Å². The molecular formula is C15H19N3O3. The van der Waals surface area contributed by atoms with Gasteiger partial charge in [0.05, 0.1) is 7.11 Å². The van der Waals surface area contributed by atoms with E-state index in [-0.39, 0.29) is 11.8 Å². The lowest BCUT2D eigenvalue weighted by Crippen LogP contribution is -2.38. The summed E-state index contributed by atoms with van der Waals surface area (Å²) in [6.07, 6.45) is 5.27. The van der Waals surface area contributed by atoms with Crippen LogP contribution in [0.1, 0.15) is 47.8 Å². The van der Waals surface area contributed by atoms with E-state index in [2.05, 4.69) is 14.7 Å². The van der Waals surface area contributed by atoms with Gasteiger partial charge in [0.15, 0.2) is 5.69 Å². The summed E-state index contributed by atoms with van der Waals surface area (Å²) >= 11 is 0. The van der Waals surface area contributed by atoms with Crippen LogP contribution < -0.4 is 0 Å². The van der Waals surface area contributed by atoms with Crippen molar-refractivity contribution < 1.29 is 14.3 Å². The van der Waals surface area contributed by atoms with Crippen LogP contribution in [0.15, 0.2) is 12.4 Å². The standard InChI is InChI=1S/C15H19N3O3/c1-21-15(20)13-8-12(16-9-17-13)10-4-6-18(7-5-10)14(19)11-2-3-11/h8-11H,2-7H2,1H3. The SMILES string of the molecule is COC(=O)c1cc(C2CCN(C(=O)C3CC3)CC2)ncn1. The average molecular weight is 289 g/mol. The Hall–Kier alpha value is -1.98. The predicted molar refractivity (Wildman–Crippen MR) is 74.7 cm³/mol. The van der Waals surface area contributed by atoms with Crippen LogP contribution >= 0.6 is 0 Å². The predicted octanol–water partition coefficient (Wildman–Crippen LogP) is 1.38. The first-order valence-corrected chi connectivity index (χ1v) is 7.38. The average Bonchev–Trinajstić information content (AvgIpc) is 3.38. The van der Waals surface area contributed by atoms with E-state index in [0.29, 0.717) is 11.6 Å². The van der Waals surface area contributed by atoms with E-state index in [1.165, 1.54) is 13.4 Å². The Morgan fingerprint density at radius 3 is 2.52 bits per heavy atom. The first-order valence-electron chi connectivity index (χ1n) is 7.38. The van der Waals surface area contributed by atoms with Gasteiger partial charge in [0.25, 0.3) is 0 Å². The monoisotopic (exact) mass is 289 g/mol. The van der Waals surface area contributed by atoms with E-state index in [9.17, 15) is 9.59 Å². The van der Waals surface area contributed by atoms with Gasteiger partial charge in [0.1, 0.15) is 6.33 Å². The van der Waals surface area contributed by atoms with Crippen LogP contribution in [0, 0.1) is 5.92 Å². The number of nitrogens with zero attached hydrogens (tertiary/aromatic N) is 3. The highest BCUT2D eigenvalue weighted by Gasteiger charge is 2.35. The molecule has 2 fully saturated rings. The molecule has 1 aromatic heterocycles. The minimum absolute atomic E-state index is 0.277. The number of methoxy groups -OCH3 is 1. The summed E-state index contributed by atoms with van der Waals surface area (Å²) in [7, 11) is 1.34. The molecule has 1 aliphatic heterocycles. The maximum atomic E-state index is 12.0. The van der Waals surface area contributed by atoms with Crippen LogP contribution in [-0.4, -0.2) is 46.9 Å². The molecule has 2 heterocycles. The Morgan fingerprint density at radius 2 is 1.90 bits per heavy atom. The van der Waals surface area contributed by atoms with Crippen molar-refractivity contribution in [2.75, 3.05) is 20.2 Å². The van der Waals surface area contributed by atoms with Crippen molar-refractivity contribution in [3.8, 4) is 0 Å². The molecule has 0 N–H and O–H groups in total. The number of ether oxygens (including phenoxy) is 1. The fraction of sp³-hybridized carbons (Fsp3) is 0.600. The molecule has 0 bridgehead atoms. The summed E-state index contributed by atoms with van der Waals surface area (Å²) in [5.74, 6) is 0.428. The third kappa shape index (κ3) is 3.04. The zero-order valence-corrected chi connectivity index (χ0v) is 12.1. The molecule has 21 heavy (non-hydrogen) atoms. The van der Waals surface area contributed by atoms with Gasteiger partial charge in [-0.15, -0.1) is 0 Å². The normalized spacial score (nSPS) is 19.4. The number of hydrogen-bond acceptors (Lipinski definition) is 5. The lowest BCUT2D eigenvalue weighted by Gasteiger charge is -2.31. The highest BCUT2D eigenvalue weighted by molar-refractivity contribution is 5.87. The van der Waals surface area contributed by atoms with Gasteiger partial charge in [0.2, 0.25) is 5.91 Å². The maximum Gasteiger partial charge on any atom is 0.356 e. The number of amides is 1. The molecule has 1 saturated heterocycles. The van der Waals surface area contributed by atoms with Crippen molar-refractivity contribution in [2.24, 2.45) is 5.92 Å². The zero-order valence-electron chi connectivity index (χ0n) is 12.1. The van der Waals surface area contributed by atoms with Gasteiger partial charge in [-0.3, -0.25) is 4.79 Å². The molecule has 1 aliphatic carbocycles. The van der Waals surface area contributed by atoms with E-state index < -0.39 is 5.97 Å². The third-order valence-corrected chi connectivity index (χ3v) is 4.23. The van der Waals surface area contributed by atoms with E-state index in [1.807, 2.05) is 4.90 Å². The van der Waals surface area contributed by atoms with Crippen molar-refractivity contribution in [1.82, 2.24) is 14.9 Å². The molecule has 112 valence electrons. The second-order valence-electron chi connectivity index (χ2n) is 5.69. The fourth-order valence-corrected chi connectivity index (χ4v) is 2.80. The fourth-order valence-electron chi connectivity index (χ4n) is 2.80. The Kier molecular flexibility index (Phi) is 3.86. The van der Waals surface area contributed by atoms with Gasteiger partial charge in [-0.25, -0.2) is 14.8 Å². The zero-order chi connectivity index (χ0) is 14.8. The van der Waals surface area contributed by atoms with Crippen LogP contribution in [0.2, 0.25) is 0 Å². The molecule has 0 radical (unpaired) electrons. The highest BCUT2D eigenvalue weighted by atomic mass is 16.5. The largest absolute Gasteiger partial charge is 0.464 e. The Labute approximate surface area is 123 Å². The molecule has 6 nitrogen and oxygen atoms in total. The van der Waals surface area contributed by atoms with Crippen LogP contribution in [0.25, 0.3) is 0 Å². The van der Waals surface area contributed by atoms with Gasteiger partial charge in [-0.05, 0) is 31.7 Å². The summed E-state index contributed by atoms with van der Waals surface area (Å²) in [5.41, 5.74) is 1.16. The summed E-state index contributed by atoms with van der Waals surface area (Å²) in [4.78, 5) is 33.7. The van der Waals surface area contributed by atoms with Crippen LogP contribution in [0.3, 0.4) is 0 Å². The Balaban J connectivity index is 1.63. The molecular weight excluding hydrogens is 270 g/mol. The van der Waals surface area contributed by atoms with Crippen molar-refractivity contribution in [2.45, 2.75) is 31.6 Å². The first-order chi connectivity index (χ1) is 10.2. The number of esters is 1. The maximum absolute atomic E-state index is 12.0. The van der Waals surface area contributed by atoms with Crippen LogP contribution in [-0.2, 0) is 9.53 Å². The molecule has 0 atom stereocenters. The number of rotatable bonds is 3. The summed E-state index contributed by atoms with van der Waals surface area (Å²) in [5, 5.41) is 0. The van der Waals surface area contributed by atoms with Crippen molar-refractivity contribution in [1.29, 1.82) is 0 Å². The van der Waals surface area contributed by atoms with Gasteiger partial charge in [0, 0.05) is 30.6 Å². The van der Waals surface area contributed by atoms with Crippen molar-refractivity contribution in [3.63, 3.8) is 0 Å². The molecule has 0 unspecified atom stereocenters. The number of carbonyl (C=O) groups excluding carboxylic acids is 2. The number of hydrogen-bond donors (Lipinski definition) is 0. The van der Waals surface area contributed by atoms with E-state index in [4.69, 9.17) is 0 Å². The number of piperidine rings is 1. The Morgan fingerprint density at radius 1 is 1.19 bits per heavy atom. The minimum Gasteiger partial charge on any atom is -0.464 e. The number of carbonyl (C=O) groups is 2. The molecule has 6 heteroatoms. The second kappa shape index (κ2) is 5.79. The first kappa shape index (κ1) is 14.0. The molecule has 1 saturated carbocycles. The van der Waals surface area contributed by atoms with Crippen LogP contribution in [0.5, 0.6) is 0 Å².